The van der Waals surface area contributed by atoms with Gasteiger partial charge in [0, 0.05) is 33.3 Å². The summed E-state index contributed by atoms with van der Waals surface area (Å²) in [6.45, 7) is 5.90. The van der Waals surface area contributed by atoms with Crippen LogP contribution in [0.3, 0.4) is 0 Å². The molecule has 2 unspecified atom stereocenters. The van der Waals surface area contributed by atoms with Crippen LogP contribution >= 0.6 is 23.2 Å². The Kier molecular flexibility index (Phi) is 5.73. The summed E-state index contributed by atoms with van der Waals surface area (Å²) in [6, 6.07) is 21.4. The lowest BCUT2D eigenvalue weighted by molar-refractivity contribution is -0.125. The van der Waals surface area contributed by atoms with Gasteiger partial charge in [0.15, 0.2) is 5.72 Å². The van der Waals surface area contributed by atoms with Crippen molar-refractivity contribution in [1.29, 1.82) is 0 Å². The number of amides is 1. The van der Waals surface area contributed by atoms with E-state index in [-0.39, 0.29) is 16.9 Å². The van der Waals surface area contributed by atoms with E-state index < -0.39 is 5.72 Å². The highest BCUT2D eigenvalue weighted by Gasteiger charge is 2.55. The van der Waals surface area contributed by atoms with E-state index in [1.807, 2.05) is 59.5 Å². The van der Waals surface area contributed by atoms with Gasteiger partial charge in [-0.3, -0.25) is 9.69 Å². The predicted octanol–water partition coefficient (Wildman–Crippen LogP) is 7.30. The smallest absolute Gasteiger partial charge is 0.257 e. The molecule has 3 aliphatic rings. The minimum Gasteiger partial charge on any atom is -0.365 e. The Balaban J connectivity index is 1.52. The van der Waals surface area contributed by atoms with E-state index in [4.69, 9.17) is 32.7 Å². The normalized spacial score (nSPS) is 25.7. The second-order valence-electron chi connectivity index (χ2n) is 10.6. The number of fused-ring (bicyclic) bond motifs is 1. The first kappa shape index (κ1) is 24.0. The number of rotatable bonds is 8. The monoisotopic (exact) mass is 521 g/mol. The number of halogens is 2. The second kappa shape index (κ2) is 8.59. The van der Waals surface area contributed by atoms with E-state index in [1.165, 1.54) is 0 Å². The maximum absolute atomic E-state index is 14.2. The van der Waals surface area contributed by atoms with Crippen molar-refractivity contribution < 1.29 is 14.3 Å². The van der Waals surface area contributed by atoms with Crippen LogP contribution in [-0.4, -0.2) is 24.0 Å². The van der Waals surface area contributed by atoms with Crippen LogP contribution in [0.4, 0.5) is 0 Å². The molecule has 186 valence electrons. The number of ether oxygens (including phenoxy) is 2. The van der Waals surface area contributed by atoms with Gasteiger partial charge in [-0.25, -0.2) is 0 Å². The summed E-state index contributed by atoms with van der Waals surface area (Å²) in [5.41, 5.74) is 3.19. The molecule has 3 aromatic rings. The molecule has 2 fully saturated rings. The van der Waals surface area contributed by atoms with Crippen LogP contribution in [0.15, 0.2) is 66.7 Å². The number of hydrogen-bond donors (Lipinski definition) is 0. The lowest BCUT2D eigenvalue weighted by atomic mass is 9.90. The molecule has 6 rings (SSSR count). The molecule has 2 atom stereocenters. The summed E-state index contributed by atoms with van der Waals surface area (Å²) in [5.74, 6) is -0.0534. The molecule has 0 bridgehead atoms. The van der Waals surface area contributed by atoms with E-state index >= 15 is 0 Å². The Bertz CT molecular complexity index is 1310. The van der Waals surface area contributed by atoms with Gasteiger partial charge in [-0.2, -0.15) is 0 Å². The standard InChI is InChI=1S/C30H29Cl2NO3/c1-3-29(14-15-29)19-36-30(21-6-11-24(32)12-7-21)26-13-8-22(28(2)18-35-28)16-25(26)27(34)33(30)17-20-4-9-23(31)10-5-20/h4-13,16H,3,14-15,17-19H2,1-2H3. The molecular weight excluding hydrogens is 493 g/mol. The number of carbonyl (C=O) groups is 1. The number of carbonyl (C=O) groups excluding carboxylic acids is 1. The average Bonchev–Trinajstić information content (AvgIpc) is 3.82. The summed E-state index contributed by atoms with van der Waals surface area (Å²) in [4.78, 5) is 16.1. The highest BCUT2D eigenvalue weighted by Crippen LogP contribution is 2.53. The van der Waals surface area contributed by atoms with Crippen molar-refractivity contribution in [3.05, 3.63) is 105 Å². The average molecular weight is 522 g/mol. The number of nitrogens with zero attached hydrogens (tertiary/aromatic N) is 1. The Morgan fingerprint density at radius 2 is 1.56 bits per heavy atom. The van der Waals surface area contributed by atoms with Crippen LogP contribution in [0.2, 0.25) is 10.0 Å². The van der Waals surface area contributed by atoms with E-state index in [0.717, 1.165) is 41.5 Å². The van der Waals surface area contributed by atoms with Crippen molar-refractivity contribution in [2.75, 3.05) is 13.2 Å². The molecular formula is C30H29Cl2NO3. The number of hydrogen-bond acceptors (Lipinski definition) is 3. The van der Waals surface area contributed by atoms with Crippen LogP contribution in [0.25, 0.3) is 0 Å². The minimum atomic E-state index is -1.06. The first-order valence-electron chi connectivity index (χ1n) is 12.5. The predicted molar refractivity (Wildman–Crippen MR) is 141 cm³/mol. The second-order valence-corrected chi connectivity index (χ2v) is 11.5. The van der Waals surface area contributed by atoms with Gasteiger partial charge in [-0.05, 0) is 73.1 Å². The zero-order chi connectivity index (χ0) is 25.1. The van der Waals surface area contributed by atoms with Crippen LogP contribution in [0.1, 0.15) is 65.7 Å². The van der Waals surface area contributed by atoms with E-state index in [2.05, 4.69) is 26.0 Å². The van der Waals surface area contributed by atoms with Crippen molar-refractivity contribution >= 4 is 29.1 Å². The SMILES string of the molecule is CCC1(COC2(c3ccc(Cl)cc3)c3ccc(C4(C)CO4)cc3C(=O)N2Cc2ccc(Cl)cc2)CC1. The summed E-state index contributed by atoms with van der Waals surface area (Å²) >= 11 is 12.4. The van der Waals surface area contributed by atoms with Gasteiger partial charge in [0.05, 0.1) is 13.2 Å². The maximum Gasteiger partial charge on any atom is 0.257 e. The molecule has 36 heavy (non-hydrogen) atoms. The third-order valence-corrected chi connectivity index (χ3v) is 8.72. The Morgan fingerprint density at radius 3 is 2.14 bits per heavy atom. The van der Waals surface area contributed by atoms with E-state index in [9.17, 15) is 4.79 Å². The van der Waals surface area contributed by atoms with Crippen molar-refractivity contribution in [2.24, 2.45) is 5.41 Å². The summed E-state index contributed by atoms with van der Waals surface area (Å²) < 4.78 is 12.7. The van der Waals surface area contributed by atoms with E-state index in [0.29, 0.717) is 35.4 Å². The molecule has 1 saturated carbocycles. The van der Waals surface area contributed by atoms with Gasteiger partial charge in [-0.1, -0.05) is 66.5 Å². The molecule has 0 radical (unpaired) electrons. The van der Waals surface area contributed by atoms with Gasteiger partial charge in [0.25, 0.3) is 5.91 Å². The van der Waals surface area contributed by atoms with Crippen LogP contribution in [0.5, 0.6) is 0 Å². The molecule has 2 heterocycles. The lowest BCUT2D eigenvalue weighted by Crippen LogP contribution is -2.47. The third-order valence-electron chi connectivity index (χ3n) is 8.21. The molecule has 1 amide bonds. The van der Waals surface area contributed by atoms with Gasteiger partial charge < -0.3 is 9.47 Å². The first-order valence-corrected chi connectivity index (χ1v) is 13.3. The zero-order valence-corrected chi connectivity index (χ0v) is 22.0. The van der Waals surface area contributed by atoms with Crippen molar-refractivity contribution in [3.8, 4) is 0 Å². The van der Waals surface area contributed by atoms with Crippen LogP contribution in [0, 0.1) is 5.41 Å². The fraction of sp³-hybridized carbons (Fsp3) is 0.367. The molecule has 0 N–H and O–H groups in total. The number of benzene rings is 3. The molecule has 1 saturated heterocycles. The largest absolute Gasteiger partial charge is 0.365 e. The van der Waals surface area contributed by atoms with Gasteiger partial charge in [0.1, 0.15) is 5.60 Å². The molecule has 0 aromatic heterocycles. The summed E-state index contributed by atoms with van der Waals surface area (Å²) in [6.07, 6.45) is 3.34. The van der Waals surface area contributed by atoms with Crippen LogP contribution in [-0.2, 0) is 27.3 Å². The maximum atomic E-state index is 14.2. The molecule has 0 spiro atoms. The first-order chi connectivity index (χ1) is 17.3. The fourth-order valence-corrected chi connectivity index (χ4v) is 5.52. The Hall–Kier alpha value is -2.37. The Morgan fingerprint density at radius 1 is 0.944 bits per heavy atom. The summed E-state index contributed by atoms with van der Waals surface area (Å²) in [7, 11) is 0. The van der Waals surface area contributed by atoms with Crippen molar-refractivity contribution in [3.63, 3.8) is 0 Å². The van der Waals surface area contributed by atoms with Crippen LogP contribution < -0.4 is 0 Å². The highest BCUT2D eigenvalue weighted by molar-refractivity contribution is 6.30. The molecule has 6 heteroatoms. The minimum absolute atomic E-state index is 0.0534. The molecule has 4 nitrogen and oxygen atoms in total. The number of epoxide rings is 1. The molecule has 1 aliphatic carbocycles. The zero-order valence-electron chi connectivity index (χ0n) is 20.5. The lowest BCUT2D eigenvalue weighted by Gasteiger charge is -2.40. The summed E-state index contributed by atoms with van der Waals surface area (Å²) in [5, 5.41) is 1.31. The van der Waals surface area contributed by atoms with Crippen molar-refractivity contribution in [2.45, 2.75) is 51.0 Å². The quantitative estimate of drug-likeness (QED) is 0.292. The fourth-order valence-electron chi connectivity index (χ4n) is 5.27. The molecule has 3 aromatic carbocycles. The van der Waals surface area contributed by atoms with Gasteiger partial charge in [-0.15, -0.1) is 0 Å². The van der Waals surface area contributed by atoms with E-state index in [1.54, 1.807) is 0 Å². The van der Waals surface area contributed by atoms with Crippen molar-refractivity contribution in [1.82, 2.24) is 4.90 Å². The van der Waals surface area contributed by atoms with Gasteiger partial charge in [0.2, 0.25) is 0 Å². The van der Waals surface area contributed by atoms with Gasteiger partial charge >= 0.3 is 0 Å². The molecule has 2 aliphatic heterocycles. The third kappa shape index (κ3) is 3.95. The highest BCUT2D eigenvalue weighted by atomic mass is 35.5. The topological polar surface area (TPSA) is 42.1 Å². The Labute approximate surface area is 222 Å².